The first kappa shape index (κ1) is 16.2. The minimum atomic E-state index is -0.184. The van der Waals surface area contributed by atoms with E-state index in [0.29, 0.717) is 0 Å². The number of piperazine rings is 1. The fraction of sp³-hybridized carbons (Fsp3) is 0.263. The average molecular weight is 322 g/mol. The van der Waals surface area contributed by atoms with E-state index in [1.165, 1.54) is 11.6 Å². The van der Waals surface area contributed by atoms with E-state index >= 15 is 0 Å². The summed E-state index contributed by atoms with van der Waals surface area (Å²) >= 11 is 0. The zero-order chi connectivity index (χ0) is 16.8. The van der Waals surface area contributed by atoms with Crippen LogP contribution in [0.5, 0.6) is 0 Å². The van der Waals surface area contributed by atoms with Gasteiger partial charge in [-0.3, -0.25) is 9.69 Å². The van der Waals surface area contributed by atoms with Crippen molar-refractivity contribution < 1.29 is 4.79 Å². The Morgan fingerprint density at radius 3 is 2.71 bits per heavy atom. The van der Waals surface area contributed by atoms with Gasteiger partial charge in [0.2, 0.25) is 5.91 Å². The SMILES string of the molecule is C=CC(=O)Nc1cccc(CN2CCN(c3ccccn3)CC2)c1. The highest BCUT2D eigenvalue weighted by Gasteiger charge is 2.17. The van der Waals surface area contributed by atoms with Crippen molar-refractivity contribution in [3.05, 3.63) is 66.9 Å². The highest BCUT2D eigenvalue weighted by Crippen LogP contribution is 2.16. The van der Waals surface area contributed by atoms with E-state index < -0.39 is 0 Å². The molecule has 1 aromatic heterocycles. The van der Waals surface area contributed by atoms with Crippen molar-refractivity contribution in [1.29, 1.82) is 0 Å². The molecule has 0 bridgehead atoms. The van der Waals surface area contributed by atoms with E-state index in [1.54, 1.807) is 0 Å². The van der Waals surface area contributed by atoms with Gasteiger partial charge in [0.1, 0.15) is 5.82 Å². The number of hydrogen-bond acceptors (Lipinski definition) is 4. The van der Waals surface area contributed by atoms with Crippen LogP contribution < -0.4 is 10.2 Å². The summed E-state index contributed by atoms with van der Waals surface area (Å²) < 4.78 is 0. The number of nitrogens with one attached hydrogen (secondary N) is 1. The van der Waals surface area contributed by atoms with Crippen LogP contribution in [0.3, 0.4) is 0 Å². The molecule has 0 aliphatic carbocycles. The Hall–Kier alpha value is -2.66. The fourth-order valence-corrected chi connectivity index (χ4v) is 2.87. The molecule has 1 N–H and O–H groups in total. The van der Waals surface area contributed by atoms with Gasteiger partial charge in [-0.2, -0.15) is 0 Å². The van der Waals surface area contributed by atoms with E-state index in [4.69, 9.17) is 0 Å². The molecule has 0 spiro atoms. The summed E-state index contributed by atoms with van der Waals surface area (Å²) in [5, 5.41) is 2.81. The molecule has 124 valence electrons. The molecule has 1 aromatic carbocycles. The van der Waals surface area contributed by atoms with E-state index in [2.05, 4.69) is 38.8 Å². The first-order valence-electron chi connectivity index (χ1n) is 8.15. The van der Waals surface area contributed by atoms with Crippen LogP contribution in [0.15, 0.2) is 61.3 Å². The minimum Gasteiger partial charge on any atom is -0.354 e. The van der Waals surface area contributed by atoms with Crippen LogP contribution in [0.25, 0.3) is 0 Å². The Balaban J connectivity index is 1.55. The number of hydrogen-bond donors (Lipinski definition) is 1. The van der Waals surface area contributed by atoms with Crippen molar-refractivity contribution >= 4 is 17.4 Å². The predicted molar refractivity (Wildman–Crippen MR) is 97.0 cm³/mol. The zero-order valence-electron chi connectivity index (χ0n) is 13.7. The number of benzene rings is 1. The van der Waals surface area contributed by atoms with Crippen molar-refractivity contribution in [3.63, 3.8) is 0 Å². The minimum absolute atomic E-state index is 0.184. The number of carbonyl (C=O) groups is 1. The number of nitrogens with zero attached hydrogens (tertiary/aromatic N) is 3. The topological polar surface area (TPSA) is 48.5 Å². The normalized spacial score (nSPS) is 15.1. The fourth-order valence-electron chi connectivity index (χ4n) is 2.87. The van der Waals surface area contributed by atoms with Crippen LogP contribution in [-0.4, -0.2) is 42.0 Å². The van der Waals surface area contributed by atoms with Crippen molar-refractivity contribution in [2.24, 2.45) is 0 Å². The maximum atomic E-state index is 11.4. The van der Waals surface area contributed by atoms with Gasteiger partial charge in [0.15, 0.2) is 0 Å². The van der Waals surface area contributed by atoms with E-state index in [1.807, 2.05) is 36.5 Å². The molecule has 0 radical (unpaired) electrons. The molecule has 0 unspecified atom stereocenters. The molecule has 3 rings (SSSR count). The number of rotatable bonds is 5. The Bertz CT molecular complexity index is 694. The second kappa shape index (κ2) is 7.75. The third kappa shape index (κ3) is 4.20. The summed E-state index contributed by atoms with van der Waals surface area (Å²) in [7, 11) is 0. The average Bonchev–Trinajstić information content (AvgIpc) is 2.63. The number of carbonyl (C=O) groups excluding carboxylic acids is 1. The lowest BCUT2D eigenvalue weighted by atomic mass is 10.1. The monoisotopic (exact) mass is 322 g/mol. The lowest BCUT2D eigenvalue weighted by Gasteiger charge is -2.35. The summed E-state index contributed by atoms with van der Waals surface area (Å²) in [5.41, 5.74) is 2.01. The Labute approximate surface area is 142 Å². The largest absolute Gasteiger partial charge is 0.354 e. The van der Waals surface area contributed by atoms with Crippen LogP contribution in [0.2, 0.25) is 0 Å². The lowest BCUT2D eigenvalue weighted by Crippen LogP contribution is -2.46. The van der Waals surface area contributed by atoms with Gasteiger partial charge in [0.25, 0.3) is 0 Å². The molecular formula is C19H22N4O. The maximum absolute atomic E-state index is 11.4. The third-order valence-corrected chi connectivity index (χ3v) is 4.13. The van der Waals surface area contributed by atoms with Crippen molar-refractivity contribution in [3.8, 4) is 0 Å². The number of aromatic nitrogens is 1. The third-order valence-electron chi connectivity index (χ3n) is 4.13. The second-order valence-corrected chi connectivity index (χ2v) is 5.84. The van der Waals surface area contributed by atoms with Crippen LogP contribution in [-0.2, 0) is 11.3 Å². The van der Waals surface area contributed by atoms with Gasteiger partial charge >= 0.3 is 0 Å². The Morgan fingerprint density at radius 1 is 1.17 bits per heavy atom. The Kier molecular flexibility index (Phi) is 5.23. The van der Waals surface area contributed by atoms with Crippen LogP contribution in [0, 0.1) is 0 Å². The van der Waals surface area contributed by atoms with Gasteiger partial charge in [0, 0.05) is 44.6 Å². The quantitative estimate of drug-likeness (QED) is 0.860. The molecule has 1 aliphatic rings. The highest BCUT2D eigenvalue weighted by molar-refractivity contribution is 5.98. The summed E-state index contributed by atoms with van der Waals surface area (Å²) in [6, 6.07) is 14.0. The molecule has 1 aliphatic heterocycles. The summed E-state index contributed by atoms with van der Waals surface area (Å²) in [4.78, 5) is 20.6. The first-order valence-corrected chi connectivity index (χ1v) is 8.15. The van der Waals surface area contributed by atoms with E-state index in [0.717, 1.165) is 44.2 Å². The summed E-state index contributed by atoms with van der Waals surface area (Å²) in [6.45, 7) is 8.31. The standard InChI is InChI=1S/C19H22N4O/c1-2-19(24)21-17-7-5-6-16(14-17)15-22-10-12-23(13-11-22)18-8-3-4-9-20-18/h2-9,14H,1,10-13,15H2,(H,21,24). The van der Waals surface area contributed by atoms with Gasteiger partial charge in [-0.25, -0.2) is 4.98 Å². The molecule has 1 saturated heterocycles. The number of anilines is 2. The molecule has 5 heteroatoms. The van der Waals surface area contributed by atoms with E-state index in [9.17, 15) is 4.79 Å². The molecule has 2 heterocycles. The van der Waals surface area contributed by atoms with Crippen molar-refractivity contribution in [2.45, 2.75) is 6.54 Å². The first-order chi connectivity index (χ1) is 11.7. The zero-order valence-corrected chi connectivity index (χ0v) is 13.7. The molecule has 24 heavy (non-hydrogen) atoms. The second-order valence-electron chi connectivity index (χ2n) is 5.84. The van der Waals surface area contributed by atoms with Gasteiger partial charge < -0.3 is 10.2 Å². The summed E-state index contributed by atoms with van der Waals surface area (Å²) in [6.07, 6.45) is 3.12. The lowest BCUT2D eigenvalue weighted by molar-refractivity contribution is -0.111. The van der Waals surface area contributed by atoms with Crippen molar-refractivity contribution in [2.75, 3.05) is 36.4 Å². The Morgan fingerprint density at radius 2 is 2.00 bits per heavy atom. The van der Waals surface area contributed by atoms with Crippen LogP contribution in [0.4, 0.5) is 11.5 Å². The molecule has 2 aromatic rings. The molecule has 1 fully saturated rings. The number of pyridine rings is 1. The van der Waals surface area contributed by atoms with Gasteiger partial charge in [0.05, 0.1) is 0 Å². The molecular weight excluding hydrogens is 300 g/mol. The van der Waals surface area contributed by atoms with E-state index in [-0.39, 0.29) is 5.91 Å². The van der Waals surface area contributed by atoms with Gasteiger partial charge in [-0.1, -0.05) is 24.8 Å². The smallest absolute Gasteiger partial charge is 0.247 e. The maximum Gasteiger partial charge on any atom is 0.247 e. The van der Waals surface area contributed by atoms with Gasteiger partial charge in [-0.05, 0) is 35.9 Å². The predicted octanol–water partition coefficient (Wildman–Crippen LogP) is 2.53. The number of amides is 1. The summed E-state index contributed by atoms with van der Waals surface area (Å²) in [5.74, 6) is 0.863. The molecule has 5 nitrogen and oxygen atoms in total. The van der Waals surface area contributed by atoms with Crippen molar-refractivity contribution in [1.82, 2.24) is 9.88 Å². The molecule has 0 atom stereocenters. The molecule has 0 saturated carbocycles. The van der Waals surface area contributed by atoms with Crippen LogP contribution in [0.1, 0.15) is 5.56 Å². The van der Waals surface area contributed by atoms with Crippen LogP contribution >= 0.6 is 0 Å². The highest BCUT2D eigenvalue weighted by atomic mass is 16.1. The molecule has 1 amide bonds. The van der Waals surface area contributed by atoms with Gasteiger partial charge in [-0.15, -0.1) is 0 Å².